The molecule has 29 heavy (non-hydrogen) atoms. The second-order valence-electron chi connectivity index (χ2n) is 7.48. The van der Waals surface area contributed by atoms with Gasteiger partial charge in [-0.1, -0.05) is 31.2 Å². The molecule has 1 aromatic heterocycles. The number of likely N-dealkylation sites (N-methyl/N-ethyl adjacent to an activating group) is 1. The molecule has 2 aromatic carbocycles. The minimum Gasteiger partial charge on any atom is -0.301 e. The van der Waals surface area contributed by atoms with Gasteiger partial charge in [0.05, 0.1) is 15.9 Å². The number of rotatable bonds is 7. The summed E-state index contributed by atoms with van der Waals surface area (Å²) in [7, 11) is 3.44. The summed E-state index contributed by atoms with van der Waals surface area (Å²) in [5.41, 5.74) is 3.38. The zero-order chi connectivity index (χ0) is 21.3. The van der Waals surface area contributed by atoms with E-state index in [-0.39, 0.29) is 23.2 Å². The molecule has 0 saturated carbocycles. The van der Waals surface area contributed by atoms with Crippen molar-refractivity contribution in [3.63, 3.8) is 0 Å². The topological polar surface area (TPSA) is 76.3 Å². The van der Waals surface area contributed by atoms with Crippen LogP contribution < -0.4 is 10.4 Å². The first-order valence-electron chi connectivity index (χ1n) is 9.56. The van der Waals surface area contributed by atoms with E-state index in [2.05, 4.69) is 23.8 Å². The Bertz CT molecular complexity index is 1180. The van der Waals surface area contributed by atoms with Gasteiger partial charge in [0.1, 0.15) is 0 Å². The molecule has 0 radical (unpaired) electrons. The third-order valence-electron chi connectivity index (χ3n) is 5.42. The van der Waals surface area contributed by atoms with Crippen LogP contribution in [0.4, 0.5) is 0 Å². The molecule has 0 bridgehead atoms. The lowest BCUT2D eigenvalue weighted by Gasteiger charge is -2.25. The van der Waals surface area contributed by atoms with Crippen molar-refractivity contribution in [3.8, 4) is 0 Å². The van der Waals surface area contributed by atoms with Crippen LogP contribution in [0.5, 0.6) is 0 Å². The quantitative estimate of drug-likeness (QED) is 0.639. The normalized spacial score (nSPS) is 13.3. The molecule has 0 aliphatic rings. The third kappa shape index (κ3) is 4.14. The van der Waals surface area contributed by atoms with E-state index < -0.39 is 10.0 Å². The highest BCUT2D eigenvalue weighted by molar-refractivity contribution is 7.89. The van der Waals surface area contributed by atoms with Gasteiger partial charge in [-0.25, -0.2) is 17.9 Å². The van der Waals surface area contributed by atoms with E-state index in [4.69, 9.17) is 0 Å². The van der Waals surface area contributed by atoms with Crippen LogP contribution in [0.3, 0.4) is 0 Å². The summed E-state index contributed by atoms with van der Waals surface area (Å²) in [6.07, 6.45) is 0.962. The summed E-state index contributed by atoms with van der Waals surface area (Å²) < 4.78 is 31.5. The Hall–Kier alpha value is -2.42. The van der Waals surface area contributed by atoms with Gasteiger partial charge in [-0.15, -0.1) is 0 Å². The van der Waals surface area contributed by atoms with Crippen LogP contribution in [0.1, 0.15) is 24.1 Å². The maximum Gasteiger partial charge on any atom is 0.328 e. The van der Waals surface area contributed by atoms with Gasteiger partial charge in [0.2, 0.25) is 10.0 Å². The smallest absolute Gasteiger partial charge is 0.301 e. The maximum absolute atomic E-state index is 12.9. The first-order chi connectivity index (χ1) is 13.7. The molecule has 1 atom stereocenters. The molecule has 0 aliphatic carbocycles. The minimum atomic E-state index is -3.72. The second-order valence-corrected chi connectivity index (χ2v) is 9.24. The van der Waals surface area contributed by atoms with E-state index in [0.717, 1.165) is 12.0 Å². The largest absolute Gasteiger partial charge is 0.328 e. The van der Waals surface area contributed by atoms with Gasteiger partial charge < -0.3 is 4.90 Å². The number of nitrogens with one attached hydrogen (secondary N) is 1. The van der Waals surface area contributed by atoms with Crippen LogP contribution in [0.2, 0.25) is 0 Å². The Labute approximate surface area is 171 Å². The van der Waals surface area contributed by atoms with Gasteiger partial charge in [-0.05, 0) is 49.8 Å². The molecule has 0 unspecified atom stereocenters. The molecule has 3 rings (SSSR count). The van der Waals surface area contributed by atoms with Crippen molar-refractivity contribution in [2.45, 2.75) is 24.3 Å². The van der Waals surface area contributed by atoms with Crippen LogP contribution >= 0.6 is 0 Å². The number of fused-ring (bicyclic) bond motifs is 1. The van der Waals surface area contributed by atoms with Crippen LogP contribution in [0.15, 0.2) is 52.2 Å². The highest BCUT2D eigenvalue weighted by Crippen LogP contribution is 2.21. The Morgan fingerprint density at radius 1 is 1.00 bits per heavy atom. The fourth-order valence-corrected chi connectivity index (χ4v) is 4.56. The number of nitrogens with zero attached hydrogens (tertiary/aromatic N) is 3. The molecule has 7 nitrogen and oxygen atoms in total. The summed E-state index contributed by atoms with van der Waals surface area (Å²) in [4.78, 5) is 14.2. The summed E-state index contributed by atoms with van der Waals surface area (Å²) in [6.45, 7) is 2.35. The lowest BCUT2D eigenvalue weighted by Crippen LogP contribution is -2.34. The highest BCUT2D eigenvalue weighted by Gasteiger charge is 2.21. The molecule has 8 heteroatoms. The van der Waals surface area contributed by atoms with Crippen LogP contribution in [0, 0.1) is 0 Å². The summed E-state index contributed by atoms with van der Waals surface area (Å²) >= 11 is 0. The van der Waals surface area contributed by atoms with E-state index in [1.165, 1.54) is 20.8 Å². The average Bonchev–Trinajstić information content (AvgIpc) is 2.92. The van der Waals surface area contributed by atoms with Crippen LogP contribution in [-0.4, -0.2) is 43.1 Å². The van der Waals surface area contributed by atoms with Gasteiger partial charge in [0.25, 0.3) is 0 Å². The number of hydrogen-bond donors (Lipinski definition) is 1. The predicted molar refractivity (Wildman–Crippen MR) is 116 cm³/mol. The number of imidazole rings is 1. The molecule has 3 aromatic rings. The second kappa shape index (κ2) is 8.14. The van der Waals surface area contributed by atoms with Gasteiger partial charge >= 0.3 is 5.69 Å². The zero-order valence-electron chi connectivity index (χ0n) is 17.5. The number of aryl methyl sites for hydroxylation is 3. The molecule has 0 saturated heterocycles. The Kier molecular flexibility index (Phi) is 5.97. The molecule has 0 amide bonds. The molecular formula is C21H28N4O3S. The van der Waals surface area contributed by atoms with Crippen molar-refractivity contribution < 1.29 is 8.42 Å². The highest BCUT2D eigenvalue weighted by atomic mass is 32.2. The van der Waals surface area contributed by atoms with Gasteiger partial charge in [0.15, 0.2) is 0 Å². The molecule has 1 N–H and O–H groups in total. The molecular weight excluding hydrogens is 388 g/mol. The minimum absolute atomic E-state index is 0.0968. The van der Waals surface area contributed by atoms with E-state index in [1.807, 2.05) is 31.1 Å². The summed E-state index contributed by atoms with van der Waals surface area (Å²) in [5.74, 6) is 0. The van der Waals surface area contributed by atoms with Crippen molar-refractivity contribution in [2.24, 2.45) is 14.1 Å². The van der Waals surface area contributed by atoms with Gasteiger partial charge in [-0.2, -0.15) is 0 Å². The van der Waals surface area contributed by atoms with Crippen molar-refractivity contribution in [1.82, 2.24) is 18.8 Å². The van der Waals surface area contributed by atoms with Crippen molar-refractivity contribution in [1.29, 1.82) is 0 Å². The van der Waals surface area contributed by atoms with Crippen LogP contribution in [-0.2, 0) is 30.5 Å². The lowest BCUT2D eigenvalue weighted by atomic mass is 10.0. The standard InChI is InChI=1S/C21H28N4O3S/c1-6-15-7-9-16(10-8-15)20(23(2)3)14-22-29(27,28)17-11-12-18-19(13-17)25(5)21(26)24(18)4/h7-13,20,22H,6,14H2,1-5H3/t20-/m1/s1. The van der Waals surface area contributed by atoms with Crippen molar-refractivity contribution >= 4 is 21.1 Å². The molecule has 0 spiro atoms. The number of hydrogen-bond acceptors (Lipinski definition) is 4. The van der Waals surface area contributed by atoms with Gasteiger partial charge in [-0.3, -0.25) is 9.13 Å². The van der Waals surface area contributed by atoms with Crippen molar-refractivity contribution in [2.75, 3.05) is 20.6 Å². The molecule has 0 aliphatic heterocycles. The Morgan fingerprint density at radius 2 is 1.62 bits per heavy atom. The predicted octanol–water partition coefficient (Wildman–Crippen LogP) is 2.02. The molecule has 156 valence electrons. The summed E-state index contributed by atoms with van der Waals surface area (Å²) in [6, 6.07) is 12.9. The number of aromatic nitrogens is 2. The third-order valence-corrected chi connectivity index (χ3v) is 6.84. The first kappa shape index (κ1) is 21.3. The molecule has 1 heterocycles. The van der Waals surface area contributed by atoms with Crippen molar-refractivity contribution in [3.05, 3.63) is 64.1 Å². The fourth-order valence-electron chi connectivity index (χ4n) is 3.50. The fraction of sp³-hybridized carbons (Fsp3) is 0.381. The number of benzene rings is 2. The van der Waals surface area contributed by atoms with Gasteiger partial charge in [0, 0.05) is 26.7 Å². The average molecular weight is 417 g/mol. The van der Waals surface area contributed by atoms with E-state index >= 15 is 0 Å². The lowest BCUT2D eigenvalue weighted by molar-refractivity contribution is 0.299. The van der Waals surface area contributed by atoms with E-state index in [0.29, 0.717) is 11.0 Å². The monoisotopic (exact) mass is 416 g/mol. The maximum atomic E-state index is 12.9. The number of sulfonamides is 1. The zero-order valence-corrected chi connectivity index (χ0v) is 18.3. The van der Waals surface area contributed by atoms with E-state index in [1.54, 1.807) is 26.2 Å². The van der Waals surface area contributed by atoms with E-state index in [9.17, 15) is 13.2 Å². The molecule has 0 fully saturated rings. The Balaban J connectivity index is 1.86. The first-order valence-corrected chi connectivity index (χ1v) is 11.0. The Morgan fingerprint density at radius 3 is 2.21 bits per heavy atom. The SMILES string of the molecule is CCc1ccc([C@@H](CNS(=O)(=O)c2ccc3c(c2)n(C)c(=O)n3C)N(C)C)cc1. The summed E-state index contributed by atoms with van der Waals surface area (Å²) in [5, 5.41) is 0. The van der Waals surface area contributed by atoms with Crippen LogP contribution in [0.25, 0.3) is 11.0 Å².